The van der Waals surface area contributed by atoms with Gasteiger partial charge in [-0.15, -0.1) is 0 Å². The highest BCUT2D eigenvalue weighted by atomic mass is 16.6. The van der Waals surface area contributed by atoms with Gasteiger partial charge in [-0.2, -0.15) is 0 Å². The van der Waals surface area contributed by atoms with Crippen molar-refractivity contribution >= 4 is 17.8 Å². The number of carbonyl (C=O) groups excluding carboxylic acids is 3. The number of esters is 1. The van der Waals surface area contributed by atoms with Crippen LogP contribution in [-0.2, 0) is 19.1 Å². The number of hydrogen-bond acceptors (Lipinski definition) is 6. The molecule has 7 heteroatoms. The topological polar surface area (TPSA) is 90.9 Å². The van der Waals surface area contributed by atoms with Gasteiger partial charge in [0.2, 0.25) is 0 Å². The lowest BCUT2D eigenvalue weighted by atomic mass is 9.75. The van der Waals surface area contributed by atoms with Gasteiger partial charge in [0.15, 0.2) is 0 Å². The number of benzene rings is 1. The average Bonchev–Trinajstić information content (AvgIpc) is 2.55. The summed E-state index contributed by atoms with van der Waals surface area (Å²) >= 11 is 0. The van der Waals surface area contributed by atoms with Crippen LogP contribution in [0.5, 0.6) is 5.75 Å². The van der Waals surface area contributed by atoms with Crippen LogP contribution in [-0.4, -0.2) is 36.2 Å². The van der Waals surface area contributed by atoms with Crippen molar-refractivity contribution in [2.45, 2.75) is 72.6 Å². The monoisotopic (exact) mass is 407 g/mol. The Bertz CT molecular complexity index is 742. The van der Waals surface area contributed by atoms with Crippen molar-refractivity contribution < 1.29 is 28.6 Å². The lowest BCUT2D eigenvalue weighted by Gasteiger charge is -2.36. The first-order chi connectivity index (χ1) is 13.1. The zero-order valence-corrected chi connectivity index (χ0v) is 18.8. The molecular weight excluding hydrogens is 374 g/mol. The molecule has 0 spiro atoms. The van der Waals surface area contributed by atoms with Crippen LogP contribution in [0.3, 0.4) is 0 Å². The van der Waals surface area contributed by atoms with Gasteiger partial charge in [-0.3, -0.25) is 9.59 Å². The third-order valence-corrected chi connectivity index (χ3v) is 4.24. The van der Waals surface area contributed by atoms with E-state index in [9.17, 15) is 14.4 Å². The van der Waals surface area contributed by atoms with Gasteiger partial charge in [0.05, 0.1) is 13.2 Å². The smallest absolute Gasteiger partial charge is 0.408 e. The van der Waals surface area contributed by atoms with Crippen molar-refractivity contribution in [2.75, 3.05) is 7.11 Å². The molecule has 0 heterocycles. The molecule has 1 aromatic carbocycles. The Balaban J connectivity index is 3.45. The highest BCUT2D eigenvalue weighted by Gasteiger charge is 2.50. The molecule has 0 saturated carbocycles. The van der Waals surface area contributed by atoms with E-state index in [4.69, 9.17) is 14.2 Å². The quantitative estimate of drug-likeness (QED) is 0.561. The molecular formula is C22H33NO6. The minimum absolute atomic E-state index is 0.441. The van der Waals surface area contributed by atoms with Crippen molar-refractivity contribution in [2.24, 2.45) is 5.41 Å². The summed E-state index contributed by atoms with van der Waals surface area (Å²) in [5, 5.41) is 2.69. The molecule has 0 aromatic heterocycles. The van der Waals surface area contributed by atoms with E-state index in [2.05, 4.69) is 5.32 Å². The van der Waals surface area contributed by atoms with E-state index in [0.29, 0.717) is 11.3 Å². The molecule has 0 unspecified atom stereocenters. The van der Waals surface area contributed by atoms with E-state index in [0.717, 1.165) is 0 Å². The van der Waals surface area contributed by atoms with Crippen molar-refractivity contribution in [3.63, 3.8) is 0 Å². The standard InChI is InChI=1S/C22H33NO6/c1-14(24)22(8,18(25)28-20(2,3)4)17(23-19(26)29-21(5,6)7)15-10-12-16(27-9)13-11-15/h10-13,17H,1-9H3,(H,23,26)/t17-,22-/m0/s1. The third-order valence-electron chi connectivity index (χ3n) is 4.24. The summed E-state index contributed by atoms with van der Waals surface area (Å²) in [4.78, 5) is 38.3. The van der Waals surface area contributed by atoms with Gasteiger partial charge in [-0.05, 0) is 73.1 Å². The second-order valence-corrected chi connectivity index (χ2v) is 9.11. The Morgan fingerprint density at radius 3 is 1.72 bits per heavy atom. The van der Waals surface area contributed by atoms with E-state index < -0.39 is 40.5 Å². The Morgan fingerprint density at radius 1 is 0.862 bits per heavy atom. The molecule has 0 bridgehead atoms. The van der Waals surface area contributed by atoms with E-state index in [1.54, 1.807) is 65.8 Å². The number of ether oxygens (including phenoxy) is 3. The molecule has 1 aromatic rings. The average molecular weight is 408 g/mol. The lowest BCUT2D eigenvalue weighted by Crippen LogP contribution is -2.51. The summed E-state index contributed by atoms with van der Waals surface area (Å²) in [6, 6.07) is 5.75. The fraction of sp³-hybridized carbons (Fsp3) is 0.591. The third kappa shape index (κ3) is 6.76. The Kier molecular flexibility index (Phi) is 7.46. The van der Waals surface area contributed by atoms with Gasteiger partial charge in [-0.25, -0.2) is 4.79 Å². The number of carbonyl (C=O) groups is 3. The Labute approximate surface area is 173 Å². The van der Waals surface area contributed by atoms with Crippen LogP contribution in [0.15, 0.2) is 24.3 Å². The number of Topliss-reactive ketones (excluding diaryl/α,β-unsaturated/α-hetero) is 1. The van der Waals surface area contributed by atoms with Gasteiger partial charge in [0, 0.05) is 0 Å². The molecule has 0 aliphatic rings. The number of alkyl carbamates (subject to hydrolysis) is 1. The first-order valence-corrected chi connectivity index (χ1v) is 9.48. The number of ketones is 1. The summed E-state index contributed by atoms with van der Waals surface area (Å²) in [5.74, 6) is -0.565. The Morgan fingerprint density at radius 2 is 1.34 bits per heavy atom. The second kappa shape index (κ2) is 8.84. The fourth-order valence-corrected chi connectivity index (χ4v) is 2.63. The second-order valence-electron chi connectivity index (χ2n) is 9.11. The van der Waals surface area contributed by atoms with Crippen molar-refractivity contribution in [3.05, 3.63) is 29.8 Å². The highest BCUT2D eigenvalue weighted by Crippen LogP contribution is 2.38. The van der Waals surface area contributed by atoms with E-state index >= 15 is 0 Å². The number of rotatable bonds is 6. The lowest BCUT2D eigenvalue weighted by molar-refractivity contribution is -0.171. The zero-order chi connectivity index (χ0) is 22.6. The zero-order valence-electron chi connectivity index (χ0n) is 18.8. The number of methoxy groups -OCH3 is 1. The van der Waals surface area contributed by atoms with Crippen molar-refractivity contribution in [1.29, 1.82) is 0 Å². The fourth-order valence-electron chi connectivity index (χ4n) is 2.63. The van der Waals surface area contributed by atoms with Crippen LogP contribution >= 0.6 is 0 Å². The molecule has 1 N–H and O–H groups in total. The van der Waals surface area contributed by atoms with E-state index in [-0.39, 0.29) is 0 Å². The van der Waals surface area contributed by atoms with Crippen molar-refractivity contribution in [3.8, 4) is 5.75 Å². The van der Waals surface area contributed by atoms with Crippen LogP contribution in [0.25, 0.3) is 0 Å². The molecule has 1 amide bonds. The molecule has 29 heavy (non-hydrogen) atoms. The number of amides is 1. The maximum Gasteiger partial charge on any atom is 0.408 e. The predicted octanol–water partition coefficient (Wildman–Crippen LogP) is 4.20. The van der Waals surface area contributed by atoms with Crippen LogP contribution in [0, 0.1) is 5.41 Å². The molecule has 0 saturated heterocycles. The molecule has 0 aliphatic heterocycles. The molecule has 1 rings (SSSR count). The SMILES string of the molecule is COc1ccc([C@H](NC(=O)OC(C)(C)C)[C@](C)(C(C)=O)C(=O)OC(C)(C)C)cc1. The largest absolute Gasteiger partial charge is 0.497 e. The predicted molar refractivity (Wildman–Crippen MR) is 110 cm³/mol. The normalized spacial score (nSPS) is 14.9. The summed E-state index contributed by atoms with van der Waals surface area (Å²) in [7, 11) is 1.53. The summed E-state index contributed by atoms with van der Waals surface area (Å²) in [6.07, 6.45) is -0.741. The maximum absolute atomic E-state index is 13.1. The van der Waals surface area contributed by atoms with Gasteiger partial charge in [0.1, 0.15) is 28.1 Å². The minimum atomic E-state index is -1.67. The van der Waals surface area contributed by atoms with Crippen molar-refractivity contribution in [1.82, 2.24) is 5.32 Å². The van der Waals surface area contributed by atoms with Crippen LogP contribution in [0.4, 0.5) is 4.79 Å². The summed E-state index contributed by atoms with van der Waals surface area (Å²) in [5.41, 5.74) is -2.67. The van der Waals surface area contributed by atoms with Gasteiger partial charge < -0.3 is 19.5 Å². The van der Waals surface area contributed by atoms with Crippen LogP contribution < -0.4 is 10.1 Å². The first kappa shape index (κ1) is 24.5. The van der Waals surface area contributed by atoms with Gasteiger partial charge in [-0.1, -0.05) is 12.1 Å². The molecule has 2 atom stereocenters. The van der Waals surface area contributed by atoms with Gasteiger partial charge in [0.25, 0.3) is 0 Å². The molecule has 7 nitrogen and oxygen atoms in total. The summed E-state index contributed by atoms with van der Waals surface area (Å²) < 4.78 is 16.0. The molecule has 162 valence electrons. The number of nitrogens with one attached hydrogen (secondary N) is 1. The van der Waals surface area contributed by atoms with E-state index in [1.165, 1.54) is 21.0 Å². The molecule has 0 radical (unpaired) electrons. The first-order valence-electron chi connectivity index (χ1n) is 9.48. The number of hydrogen-bond donors (Lipinski definition) is 1. The molecule has 0 aliphatic carbocycles. The van der Waals surface area contributed by atoms with Crippen LogP contribution in [0.1, 0.15) is 67.0 Å². The Hall–Kier alpha value is -2.57. The highest BCUT2D eigenvalue weighted by molar-refractivity contribution is 6.03. The van der Waals surface area contributed by atoms with Crippen LogP contribution in [0.2, 0.25) is 0 Å². The van der Waals surface area contributed by atoms with Gasteiger partial charge >= 0.3 is 12.1 Å². The maximum atomic E-state index is 13.1. The molecule has 0 fully saturated rings. The van der Waals surface area contributed by atoms with E-state index in [1.807, 2.05) is 0 Å². The summed E-state index contributed by atoms with van der Waals surface area (Å²) in [6.45, 7) is 13.1. The minimum Gasteiger partial charge on any atom is -0.497 e.